The van der Waals surface area contributed by atoms with Crippen LogP contribution < -0.4 is 5.32 Å². The summed E-state index contributed by atoms with van der Waals surface area (Å²) in [6.45, 7) is 1.94. The molecule has 0 aliphatic carbocycles. The molecule has 0 radical (unpaired) electrons. The maximum atomic E-state index is 12.1. The number of benzene rings is 1. The number of fused-ring (bicyclic) bond motifs is 1. The zero-order valence-corrected chi connectivity index (χ0v) is 10.4. The van der Waals surface area contributed by atoms with Crippen molar-refractivity contribution >= 4 is 33.3 Å². The average molecular weight is 258 g/mol. The Morgan fingerprint density at radius 3 is 3.00 bits per heavy atom. The molecule has 0 spiro atoms. The monoisotopic (exact) mass is 258 g/mol. The number of nitrogens with one attached hydrogen (secondary N) is 2. The number of carbonyl (C=O) groups excluding carboxylic acids is 1. The smallest absolute Gasteiger partial charge is 0.278 e. The van der Waals surface area contributed by atoms with Crippen molar-refractivity contribution in [3.8, 4) is 0 Å². The highest BCUT2D eigenvalue weighted by Gasteiger charge is 2.14. The van der Waals surface area contributed by atoms with E-state index in [9.17, 15) is 4.79 Å². The molecule has 6 heteroatoms. The lowest BCUT2D eigenvalue weighted by atomic mass is 10.2. The number of aromatic amines is 1. The number of nitrogens with zero attached hydrogens (tertiary/aromatic N) is 2. The van der Waals surface area contributed by atoms with Gasteiger partial charge in [0.1, 0.15) is 0 Å². The molecule has 1 amide bonds. The Balaban J connectivity index is 1.92. The molecular formula is C12H10N4OS. The number of rotatable bonds is 2. The zero-order valence-electron chi connectivity index (χ0n) is 9.60. The van der Waals surface area contributed by atoms with Crippen LogP contribution in [0, 0.1) is 6.92 Å². The summed E-state index contributed by atoms with van der Waals surface area (Å²) in [6.07, 6.45) is 1.73. The Labute approximate surface area is 107 Å². The first-order valence-corrected chi connectivity index (χ1v) is 6.22. The van der Waals surface area contributed by atoms with Crippen molar-refractivity contribution in [1.82, 2.24) is 15.2 Å². The van der Waals surface area contributed by atoms with Gasteiger partial charge < -0.3 is 0 Å². The van der Waals surface area contributed by atoms with Crippen molar-refractivity contribution in [2.45, 2.75) is 6.92 Å². The van der Waals surface area contributed by atoms with Gasteiger partial charge in [0, 0.05) is 16.5 Å². The summed E-state index contributed by atoms with van der Waals surface area (Å²) < 4.78 is 0. The lowest BCUT2D eigenvalue weighted by Gasteiger charge is -1.98. The Bertz CT molecular complexity index is 716. The van der Waals surface area contributed by atoms with Gasteiger partial charge in [-0.3, -0.25) is 15.2 Å². The quantitative estimate of drug-likeness (QED) is 0.742. The van der Waals surface area contributed by atoms with E-state index in [-0.39, 0.29) is 5.91 Å². The highest BCUT2D eigenvalue weighted by molar-refractivity contribution is 7.15. The van der Waals surface area contributed by atoms with Gasteiger partial charge in [-0.1, -0.05) is 18.2 Å². The molecule has 2 aromatic heterocycles. The van der Waals surface area contributed by atoms with Crippen molar-refractivity contribution in [3.05, 3.63) is 41.0 Å². The van der Waals surface area contributed by atoms with Gasteiger partial charge in [-0.25, -0.2) is 4.98 Å². The minimum Gasteiger partial charge on any atom is -0.296 e. The molecule has 0 saturated heterocycles. The lowest BCUT2D eigenvalue weighted by Crippen LogP contribution is -2.12. The number of hydrogen-bond donors (Lipinski definition) is 2. The van der Waals surface area contributed by atoms with E-state index in [1.54, 1.807) is 6.20 Å². The van der Waals surface area contributed by atoms with E-state index in [2.05, 4.69) is 20.5 Å². The average Bonchev–Trinajstić information content (AvgIpc) is 2.95. The molecule has 18 heavy (non-hydrogen) atoms. The Hall–Kier alpha value is -2.21. The van der Waals surface area contributed by atoms with Crippen LogP contribution in [0.4, 0.5) is 5.13 Å². The number of H-pyrrole nitrogens is 1. The fourth-order valence-electron chi connectivity index (χ4n) is 1.71. The van der Waals surface area contributed by atoms with Gasteiger partial charge in [-0.15, -0.1) is 11.3 Å². The number of thiazole rings is 1. The van der Waals surface area contributed by atoms with Crippen LogP contribution in [-0.2, 0) is 0 Å². The molecule has 2 N–H and O–H groups in total. The molecule has 0 unspecified atom stereocenters. The van der Waals surface area contributed by atoms with E-state index >= 15 is 0 Å². The van der Waals surface area contributed by atoms with E-state index in [1.165, 1.54) is 11.3 Å². The molecule has 0 bridgehead atoms. The number of hydrogen-bond acceptors (Lipinski definition) is 4. The highest BCUT2D eigenvalue weighted by Crippen LogP contribution is 2.19. The molecule has 0 fully saturated rings. The molecule has 5 nitrogen and oxygen atoms in total. The van der Waals surface area contributed by atoms with Gasteiger partial charge >= 0.3 is 0 Å². The normalized spacial score (nSPS) is 10.7. The van der Waals surface area contributed by atoms with Gasteiger partial charge in [0.25, 0.3) is 5.91 Å². The maximum Gasteiger partial charge on any atom is 0.278 e. The Morgan fingerprint density at radius 1 is 1.39 bits per heavy atom. The van der Waals surface area contributed by atoms with Gasteiger partial charge in [-0.05, 0) is 13.0 Å². The van der Waals surface area contributed by atoms with Crippen LogP contribution in [0.1, 0.15) is 15.4 Å². The number of anilines is 1. The van der Waals surface area contributed by atoms with E-state index < -0.39 is 0 Å². The Kier molecular flexibility index (Phi) is 2.56. The largest absolute Gasteiger partial charge is 0.296 e. The second-order valence-corrected chi connectivity index (χ2v) is 5.08. The summed E-state index contributed by atoms with van der Waals surface area (Å²) >= 11 is 1.44. The first kappa shape index (κ1) is 10.9. The third-order valence-corrected chi connectivity index (χ3v) is 3.36. The Morgan fingerprint density at radius 2 is 2.22 bits per heavy atom. The first-order valence-electron chi connectivity index (χ1n) is 5.41. The standard InChI is InChI=1S/C12H10N4OS/c1-7-6-13-12(18-7)14-11(17)10-8-4-2-3-5-9(8)15-16-10/h2-6H,1H3,(H,15,16)(H,13,14,17). The van der Waals surface area contributed by atoms with Crippen LogP contribution >= 0.6 is 11.3 Å². The van der Waals surface area contributed by atoms with Gasteiger partial charge in [0.2, 0.25) is 0 Å². The minimum atomic E-state index is -0.248. The summed E-state index contributed by atoms with van der Waals surface area (Å²) in [5, 5.41) is 11.0. The number of aryl methyl sites for hydroxylation is 1. The topological polar surface area (TPSA) is 70.7 Å². The number of amides is 1. The summed E-state index contributed by atoms with van der Waals surface area (Å²) in [5.74, 6) is -0.248. The number of para-hydroxylation sites is 1. The second kappa shape index (κ2) is 4.23. The SMILES string of the molecule is Cc1cnc(NC(=O)c2n[nH]c3ccccc23)s1. The second-order valence-electron chi connectivity index (χ2n) is 3.85. The predicted octanol–water partition coefficient (Wildman–Crippen LogP) is 2.58. The molecule has 0 saturated carbocycles. The van der Waals surface area contributed by atoms with Crippen LogP contribution in [0.3, 0.4) is 0 Å². The van der Waals surface area contributed by atoms with Crippen LogP contribution in [0.2, 0.25) is 0 Å². The molecule has 0 atom stereocenters. The maximum absolute atomic E-state index is 12.1. The van der Waals surface area contributed by atoms with E-state index in [1.807, 2.05) is 31.2 Å². The van der Waals surface area contributed by atoms with Crippen LogP contribution in [0.15, 0.2) is 30.5 Å². The van der Waals surface area contributed by atoms with Crippen LogP contribution in [0.25, 0.3) is 10.9 Å². The molecule has 3 rings (SSSR count). The van der Waals surface area contributed by atoms with E-state index in [0.29, 0.717) is 10.8 Å². The molecule has 0 aliphatic heterocycles. The third kappa shape index (κ3) is 1.86. The van der Waals surface area contributed by atoms with Crippen molar-refractivity contribution in [3.63, 3.8) is 0 Å². The highest BCUT2D eigenvalue weighted by atomic mass is 32.1. The zero-order chi connectivity index (χ0) is 12.5. The van der Waals surface area contributed by atoms with Crippen LogP contribution in [-0.4, -0.2) is 21.1 Å². The fourth-order valence-corrected chi connectivity index (χ4v) is 2.36. The number of carbonyl (C=O) groups is 1. The fraction of sp³-hybridized carbons (Fsp3) is 0.0833. The summed E-state index contributed by atoms with van der Waals surface area (Å²) in [5.41, 5.74) is 1.23. The predicted molar refractivity (Wildman–Crippen MR) is 70.9 cm³/mol. The van der Waals surface area contributed by atoms with Gasteiger partial charge in [0.15, 0.2) is 10.8 Å². The molecule has 1 aromatic carbocycles. The van der Waals surface area contributed by atoms with E-state index in [4.69, 9.17) is 0 Å². The van der Waals surface area contributed by atoms with Crippen molar-refractivity contribution in [2.24, 2.45) is 0 Å². The summed E-state index contributed by atoms with van der Waals surface area (Å²) in [4.78, 5) is 17.2. The molecule has 90 valence electrons. The molecular weight excluding hydrogens is 248 g/mol. The minimum absolute atomic E-state index is 0.248. The van der Waals surface area contributed by atoms with E-state index in [0.717, 1.165) is 15.8 Å². The van der Waals surface area contributed by atoms with Crippen molar-refractivity contribution in [1.29, 1.82) is 0 Å². The first-order chi connectivity index (χ1) is 8.74. The third-order valence-electron chi connectivity index (χ3n) is 2.53. The van der Waals surface area contributed by atoms with Crippen molar-refractivity contribution in [2.75, 3.05) is 5.32 Å². The molecule has 0 aliphatic rings. The van der Waals surface area contributed by atoms with Crippen LogP contribution in [0.5, 0.6) is 0 Å². The number of aromatic nitrogens is 3. The molecule has 3 aromatic rings. The van der Waals surface area contributed by atoms with Gasteiger partial charge in [-0.2, -0.15) is 5.10 Å². The molecule has 2 heterocycles. The van der Waals surface area contributed by atoms with Crippen molar-refractivity contribution < 1.29 is 4.79 Å². The van der Waals surface area contributed by atoms with Gasteiger partial charge in [0.05, 0.1) is 5.52 Å². The lowest BCUT2D eigenvalue weighted by molar-refractivity contribution is 0.102. The summed E-state index contributed by atoms with van der Waals surface area (Å²) in [7, 11) is 0. The summed E-state index contributed by atoms with van der Waals surface area (Å²) in [6, 6.07) is 7.52.